The van der Waals surface area contributed by atoms with Crippen LogP contribution in [0.25, 0.3) is 0 Å². The van der Waals surface area contributed by atoms with E-state index in [9.17, 15) is 19.2 Å². The summed E-state index contributed by atoms with van der Waals surface area (Å²) in [5.74, 6) is -2.22. The molecule has 0 aliphatic heterocycles. The highest BCUT2D eigenvalue weighted by Gasteiger charge is 2.48. The number of ether oxygens (including phenoxy) is 3. The first-order chi connectivity index (χ1) is 10.2. The van der Waals surface area contributed by atoms with E-state index in [1.165, 1.54) is 27.7 Å². The lowest BCUT2D eigenvalue weighted by Crippen LogP contribution is -2.46. The summed E-state index contributed by atoms with van der Waals surface area (Å²) in [7, 11) is 0. The van der Waals surface area contributed by atoms with Crippen LogP contribution in [0.3, 0.4) is 0 Å². The van der Waals surface area contributed by atoms with E-state index < -0.39 is 36.2 Å². The highest BCUT2D eigenvalue weighted by molar-refractivity contribution is 5.73. The zero-order valence-electron chi connectivity index (χ0n) is 13.1. The molecule has 0 spiro atoms. The molecular weight excluding hydrogens is 294 g/mol. The predicted molar refractivity (Wildman–Crippen MR) is 73.5 cm³/mol. The van der Waals surface area contributed by atoms with E-state index >= 15 is 0 Å². The van der Waals surface area contributed by atoms with Crippen molar-refractivity contribution in [3.63, 3.8) is 0 Å². The highest BCUT2D eigenvalue weighted by Crippen LogP contribution is 2.32. The smallest absolute Gasteiger partial charge is 0.303 e. The second kappa shape index (κ2) is 7.77. The summed E-state index contributed by atoms with van der Waals surface area (Å²) in [6.45, 7) is 5.09. The Bertz CT molecular complexity index is 462. The number of amides is 1. The summed E-state index contributed by atoms with van der Waals surface area (Å²) >= 11 is 0. The summed E-state index contributed by atoms with van der Waals surface area (Å²) < 4.78 is 15.4. The average molecular weight is 315 g/mol. The molecule has 8 heteroatoms. The van der Waals surface area contributed by atoms with Gasteiger partial charge in [-0.15, -0.1) is 0 Å². The minimum atomic E-state index is -0.814. The van der Waals surface area contributed by atoms with Gasteiger partial charge < -0.3 is 19.5 Å². The SMILES string of the molecule is CC(=O)N[C@@H]1C[C@H](COC(C)=O)[C@@H](OC(C)=O)[C@H]1OC(C)=O. The summed E-state index contributed by atoms with van der Waals surface area (Å²) in [5.41, 5.74) is 0. The largest absolute Gasteiger partial charge is 0.465 e. The van der Waals surface area contributed by atoms with Crippen LogP contribution < -0.4 is 5.32 Å². The lowest BCUT2D eigenvalue weighted by molar-refractivity contribution is -0.168. The molecular formula is C14H21NO7. The van der Waals surface area contributed by atoms with Gasteiger partial charge in [-0.3, -0.25) is 19.2 Å². The molecule has 1 N–H and O–H groups in total. The van der Waals surface area contributed by atoms with Crippen molar-refractivity contribution in [3.05, 3.63) is 0 Å². The molecule has 0 aromatic rings. The summed E-state index contributed by atoms with van der Waals surface area (Å²) in [6.07, 6.45) is -1.23. The number of esters is 3. The highest BCUT2D eigenvalue weighted by atomic mass is 16.6. The Balaban J connectivity index is 2.94. The fourth-order valence-electron chi connectivity index (χ4n) is 2.58. The summed E-state index contributed by atoms with van der Waals surface area (Å²) in [5, 5.41) is 2.67. The van der Waals surface area contributed by atoms with Crippen molar-refractivity contribution < 1.29 is 33.4 Å². The molecule has 1 aliphatic rings. The van der Waals surface area contributed by atoms with Gasteiger partial charge >= 0.3 is 17.9 Å². The van der Waals surface area contributed by atoms with Crippen molar-refractivity contribution in [1.29, 1.82) is 0 Å². The second-order valence-electron chi connectivity index (χ2n) is 5.25. The third-order valence-corrected chi connectivity index (χ3v) is 3.24. The fourth-order valence-corrected chi connectivity index (χ4v) is 2.58. The first-order valence-corrected chi connectivity index (χ1v) is 6.95. The average Bonchev–Trinajstić information content (AvgIpc) is 2.63. The molecule has 0 heterocycles. The van der Waals surface area contributed by atoms with Gasteiger partial charge in [-0.05, 0) is 6.42 Å². The van der Waals surface area contributed by atoms with Crippen LogP contribution in [0.15, 0.2) is 0 Å². The van der Waals surface area contributed by atoms with Gasteiger partial charge in [0, 0.05) is 33.6 Å². The first kappa shape index (κ1) is 17.9. The van der Waals surface area contributed by atoms with Crippen LogP contribution in [0.2, 0.25) is 0 Å². The molecule has 1 fully saturated rings. The normalized spacial score (nSPS) is 26.9. The van der Waals surface area contributed by atoms with Crippen molar-refractivity contribution in [2.75, 3.05) is 6.61 Å². The summed E-state index contributed by atoms with van der Waals surface area (Å²) in [6, 6.07) is -0.508. The number of hydrogen-bond acceptors (Lipinski definition) is 7. The van der Waals surface area contributed by atoms with Crippen molar-refractivity contribution in [2.24, 2.45) is 5.92 Å². The zero-order chi connectivity index (χ0) is 16.9. The van der Waals surface area contributed by atoms with Crippen molar-refractivity contribution >= 4 is 23.8 Å². The summed E-state index contributed by atoms with van der Waals surface area (Å²) in [4.78, 5) is 44.8. The lowest BCUT2D eigenvalue weighted by atomic mass is 10.1. The van der Waals surface area contributed by atoms with Crippen molar-refractivity contribution in [2.45, 2.75) is 52.4 Å². The van der Waals surface area contributed by atoms with Crippen LogP contribution in [0.1, 0.15) is 34.1 Å². The molecule has 1 saturated carbocycles. The fraction of sp³-hybridized carbons (Fsp3) is 0.714. The molecule has 0 bridgehead atoms. The topological polar surface area (TPSA) is 108 Å². The molecule has 0 aromatic heterocycles. The maximum absolute atomic E-state index is 11.3. The Morgan fingerprint density at radius 1 is 0.909 bits per heavy atom. The second-order valence-corrected chi connectivity index (χ2v) is 5.25. The van der Waals surface area contributed by atoms with Gasteiger partial charge in [0.2, 0.25) is 5.91 Å². The minimum Gasteiger partial charge on any atom is -0.465 e. The number of carbonyl (C=O) groups is 4. The van der Waals surface area contributed by atoms with E-state index in [1.54, 1.807) is 0 Å². The van der Waals surface area contributed by atoms with E-state index in [1.807, 2.05) is 0 Å². The van der Waals surface area contributed by atoms with Gasteiger partial charge in [-0.1, -0.05) is 0 Å². The third kappa shape index (κ3) is 5.34. The van der Waals surface area contributed by atoms with Gasteiger partial charge in [0.1, 0.15) is 6.10 Å². The number of rotatable bonds is 5. The standard InChI is InChI=1S/C14H21NO7/c1-7(16)15-12-5-11(6-20-8(2)17)13(21-9(3)18)14(12)22-10(4)19/h11-14H,5-6H2,1-4H3,(H,15,16)/t11-,12-,13-,14+/m1/s1. The van der Waals surface area contributed by atoms with E-state index in [4.69, 9.17) is 14.2 Å². The van der Waals surface area contributed by atoms with E-state index in [-0.39, 0.29) is 18.4 Å². The van der Waals surface area contributed by atoms with Crippen molar-refractivity contribution in [3.8, 4) is 0 Å². The molecule has 0 aromatic carbocycles. The molecule has 0 saturated heterocycles. The van der Waals surface area contributed by atoms with Crippen molar-refractivity contribution in [1.82, 2.24) is 5.32 Å². The molecule has 1 aliphatic carbocycles. The van der Waals surface area contributed by atoms with E-state index in [2.05, 4.69) is 5.32 Å². The first-order valence-electron chi connectivity index (χ1n) is 6.95. The maximum Gasteiger partial charge on any atom is 0.303 e. The quantitative estimate of drug-likeness (QED) is 0.559. The molecule has 124 valence electrons. The van der Waals surface area contributed by atoms with Gasteiger partial charge in [0.25, 0.3) is 0 Å². The predicted octanol–water partition coefficient (Wildman–Crippen LogP) is -0.0625. The van der Waals surface area contributed by atoms with Crippen LogP contribution >= 0.6 is 0 Å². The Hall–Kier alpha value is -2.12. The van der Waals surface area contributed by atoms with E-state index in [0.29, 0.717) is 6.42 Å². The molecule has 4 atom stereocenters. The number of hydrogen-bond donors (Lipinski definition) is 1. The van der Waals surface area contributed by atoms with Crippen LogP contribution in [0.4, 0.5) is 0 Å². The van der Waals surface area contributed by atoms with Crippen LogP contribution in [-0.4, -0.2) is 48.7 Å². The Kier molecular flexibility index (Phi) is 6.33. The monoisotopic (exact) mass is 315 g/mol. The molecule has 0 radical (unpaired) electrons. The molecule has 1 amide bonds. The van der Waals surface area contributed by atoms with Crippen LogP contribution in [-0.2, 0) is 33.4 Å². The Morgan fingerprint density at radius 3 is 1.91 bits per heavy atom. The van der Waals surface area contributed by atoms with Gasteiger partial charge in [-0.2, -0.15) is 0 Å². The maximum atomic E-state index is 11.3. The van der Waals surface area contributed by atoms with Crippen LogP contribution in [0.5, 0.6) is 0 Å². The molecule has 8 nitrogen and oxygen atoms in total. The Labute approximate surface area is 128 Å². The van der Waals surface area contributed by atoms with E-state index in [0.717, 1.165) is 0 Å². The van der Waals surface area contributed by atoms with Gasteiger partial charge in [-0.25, -0.2) is 0 Å². The zero-order valence-corrected chi connectivity index (χ0v) is 13.1. The molecule has 0 unspecified atom stereocenters. The van der Waals surface area contributed by atoms with Gasteiger partial charge in [0.05, 0.1) is 12.6 Å². The molecule has 22 heavy (non-hydrogen) atoms. The number of nitrogens with one attached hydrogen (secondary N) is 1. The Morgan fingerprint density at radius 2 is 1.45 bits per heavy atom. The van der Waals surface area contributed by atoms with Gasteiger partial charge in [0.15, 0.2) is 6.10 Å². The minimum absolute atomic E-state index is 0.0150. The third-order valence-electron chi connectivity index (χ3n) is 3.24. The van der Waals surface area contributed by atoms with Crippen LogP contribution in [0, 0.1) is 5.92 Å². The number of carbonyl (C=O) groups excluding carboxylic acids is 4. The molecule has 1 rings (SSSR count). The lowest BCUT2D eigenvalue weighted by Gasteiger charge is -2.26.